The topological polar surface area (TPSA) is 63.7 Å². The third-order valence-electron chi connectivity index (χ3n) is 3.89. The van der Waals surface area contributed by atoms with Gasteiger partial charge in [0.1, 0.15) is 18.1 Å². The lowest BCUT2D eigenvalue weighted by atomic mass is 10.1. The lowest BCUT2D eigenvalue weighted by Crippen LogP contribution is -2.20. The third-order valence-corrected chi connectivity index (χ3v) is 4.90. The molecule has 0 aliphatic carbocycles. The van der Waals surface area contributed by atoms with E-state index in [1.807, 2.05) is 43.7 Å². The van der Waals surface area contributed by atoms with Crippen molar-refractivity contribution >= 4 is 34.0 Å². The molecule has 2 aromatic carbocycles. The number of carbonyl (C=O) groups excluding carboxylic acids is 1. The van der Waals surface area contributed by atoms with Crippen LogP contribution in [-0.4, -0.2) is 49.6 Å². The number of ether oxygens (including phenoxy) is 2. The van der Waals surface area contributed by atoms with Crippen LogP contribution in [0.1, 0.15) is 0 Å². The number of para-hydroxylation sites is 1. The first kappa shape index (κ1) is 21.1. The number of amides is 1. The molecule has 1 amide bonds. The number of hydrogen-bond donors (Lipinski definition) is 1. The Hall–Kier alpha value is -2.61. The molecule has 152 valence electrons. The molecule has 1 N–H and O–H groups in total. The summed E-state index contributed by atoms with van der Waals surface area (Å²) < 4.78 is 11.3. The van der Waals surface area contributed by atoms with Crippen LogP contribution in [0.5, 0.6) is 11.5 Å². The molecule has 0 bridgehead atoms. The van der Waals surface area contributed by atoms with E-state index in [1.54, 1.807) is 24.3 Å². The summed E-state index contributed by atoms with van der Waals surface area (Å²) in [6.45, 7) is 1.29. The SMILES string of the molecule is CN(C)CCOc1ccccc1-c1csc(NC(=O)COc2ccc(Cl)cc2)n1. The van der Waals surface area contributed by atoms with Crippen molar-refractivity contribution in [2.24, 2.45) is 0 Å². The number of aromatic nitrogens is 1. The molecular formula is C21H22ClN3O3S. The lowest BCUT2D eigenvalue weighted by Gasteiger charge is -2.13. The Balaban J connectivity index is 1.59. The molecule has 0 aliphatic heterocycles. The van der Waals surface area contributed by atoms with Gasteiger partial charge < -0.3 is 14.4 Å². The van der Waals surface area contributed by atoms with E-state index in [9.17, 15) is 4.79 Å². The smallest absolute Gasteiger partial charge is 0.264 e. The maximum Gasteiger partial charge on any atom is 0.264 e. The third kappa shape index (κ3) is 6.45. The summed E-state index contributed by atoms with van der Waals surface area (Å²) >= 11 is 7.19. The predicted molar refractivity (Wildman–Crippen MR) is 117 cm³/mol. The van der Waals surface area contributed by atoms with Gasteiger partial charge in [0.15, 0.2) is 11.7 Å². The van der Waals surface area contributed by atoms with Gasteiger partial charge in [-0.25, -0.2) is 4.98 Å². The predicted octanol–water partition coefficient (Wildman–Crippen LogP) is 4.42. The normalized spacial score (nSPS) is 10.8. The number of likely N-dealkylation sites (N-methyl/N-ethyl adjacent to an activating group) is 1. The molecular weight excluding hydrogens is 410 g/mol. The van der Waals surface area contributed by atoms with Gasteiger partial charge in [0.25, 0.3) is 5.91 Å². The van der Waals surface area contributed by atoms with Gasteiger partial charge in [-0.05, 0) is 50.5 Å². The van der Waals surface area contributed by atoms with E-state index in [0.717, 1.165) is 23.6 Å². The van der Waals surface area contributed by atoms with E-state index in [0.29, 0.717) is 22.5 Å². The van der Waals surface area contributed by atoms with Crippen molar-refractivity contribution in [1.29, 1.82) is 0 Å². The lowest BCUT2D eigenvalue weighted by molar-refractivity contribution is -0.118. The number of hydrogen-bond acceptors (Lipinski definition) is 6. The zero-order chi connectivity index (χ0) is 20.6. The summed E-state index contributed by atoms with van der Waals surface area (Å²) in [7, 11) is 4.00. The Kier molecular flexibility index (Phi) is 7.46. The van der Waals surface area contributed by atoms with Crippen LogP contribution in [0.4, 0.5) is 5.13 Å². The number of nitrogens with one attached hydrogen (secondary N) is 1. The highest BCUT2D eigenvalue weighted by Crippen LogP contribution is 2.32. The minimum atomic E-state index is -0.281. The molecule has 3 aromatic rings. The zero-order valence-electron chi connectivity index (χ0n) is 16.2. The van der Waals surface area contributed by atoms with Crippen molar-refractivity contribution in [1.82, 2.24) is 9.88 Å². The minimum Gasteiger partial charge on any atom is -0.492 e. The monoisotopic (exact) mass is 431 g/mol. The average Bonchev–Trinajstić information content (AvgIpc) is 3.16. The second-order valence-electron chi connectivity index (χ2n) is 6.48. The number of benzene rings is 2. The van der Waals surface area contributed by atoms with Crippen molar-refractivity contribution in [2.75, 3.05) is 39.2 Å². The van der Waals surface area contributed by atoms with E-state index in [2.05, 4.69) is 15.2 Å². The highest BCUT2D eigenvalue weighted by atomic mass is 35.5. The van der Waals surface area contributed by atoms with Crippen LogP contribution < -0.4 is 14.8 Å². The van der Waals surface area contributed by atoms with Crippen LogP contribution in [0, 0.1) is 0 Å². The first-order valence-corrected chi connectivity index (χ1v) is 10.3. The van der Waals surface area contributed by atoms with Crippen LogP contribution in [0.15, 0.2) is 53.9 Å². The summed E-state index contributed by atoms with van der Waals surface area (Å²) in [6, 6.07) is 14.6. The number of anilines is 1. The molecule has 1 heterocycles. The average molecular weight is 432 g/mol. The summed E-state index contributed by atoms with van der Waals surface area (Å²) in [4.78, 5) is 18.7. The number of halogens is 1. The van der Waals surface area contributed by atoms with Gasteiger partial charge in [-0.15, -0.1) is 11.3 Å². The molecule has 0 unspecified atom stereocenters. The molecule has 0 radical (unpaired) electrons. The van der Waals surface area contributed by atoms with Crippen molar-refractivity contribution in [3.8, 4) is 22.8 Å². The van der Waals surface area contributed by atoms with Gasteiger partial charge in [0, 0.05) is 22.5 Å². The highest BCUT2D eigenvalue weighted by molar-refractivity contribution is 7.14. The van der Waals surface area contributed by atoms with Crippen LogP contribution >= 0.6 is 22.9 Å². The van der Waals surface area contributed by atoms with E-state index in [1.165, 1.54) is 11.3 Å². The highest BCUT2D eigenvalue weighted by Gasteiger charge is 2.12. The number of thiazole rings is 1. The quantitative estimate of drug-likeness (QED) is 0.543. The molecule has 0 saturated heterocycles. The van der Waals surface area contributed by atoms with Crippen molar-refractivity contribution in [3.63, 3.8) is 0 Å². The number of nitrogens with zero attached hydrogens (tertiary/aromatic N) is 2. The van der Waals surface area contributed by atoms with Crippen molar-refractivity contribution in [3.05, 3.63) is 58.9 Å². The van der Waals surface area contributed by atoms with E-state index in [4.69, 9.17) is 21.1 Å². The van der Waals surface area contributed by atoms with E-state index < -0.39 is 0 Å². The van der Waals surface area contributed by atoms with Crippen LogP contribution in [0.3, 0.4) is 0 Å². The van der Waals surface area contributed by atoms with Crippen LogP contribution in [-0.2, 0) is 4.79 Å². The fraction of sp³-hybridized carbons (Fsp3) is 0.238. The van der Waals surface area contributed by atoms with Gasteiger partial charge in [-0.2, -0.15) is 0 Å². The molecule has 8 heteroatoms. The summed E-state index contributed by atoms with van der Waals surface area (Å²) in [6.07, 6.45) is 0. The Bertz CT molecular complexity index is 944. The largest absolute Gasteiger partial charge is 0.492 e. The Morgan fingerprint density at radius 3 is 2.66 bits per heavy atom. The Morgan fingerprint density at radius 1 is 1.14 bits per heavy atom. The standard InChI is InChI=1S/C21H22ClN3O3S/c1-25(2)11-12-27-19-6-4-3-5-17(19)18-14-29-21(23-18)24-20(26)13-28-16-9-7-15(22)8-10-16/h3-10,14H,11-13H2,1-2H3,(H,23,24,26). The maximum atomic E-state index is 12.1. The van der Waals surface area contributed by atoms with Gasteiger partial charge in [0.2, 0.25) is 0 Å². The number of rotatable bonds is 9. The summed E-state index contributed by atoms with van der Waals surface area (Å²) in [5, 5.41) is 5.78. The van der Waals surface area contributed by atoms with Gasteiger partial charge in [-0.1, -0.05) is 23.7 Å². The minimum absolute atomic E-state index is 0.110. The molecule has 0 atom stereocenters. The first-order valence-electron chi connectivity index (χ1n) is 9.02. The first-order chi connectivity index (χ1) is 14.0. The van der Waals surface area contributed by atoms with Crippen molar-refractivity contribution < 1.29 is 14.3 Å². The fourth-order valence-electron chi connectivity index (χ4n) is 2.43. The number of carbonyl (C=O) groups is 1. The second-order valence-corrected chi connectivity index (χ2v) is 7.77. The maximum absolute atomic E-state index is 12.1. The fourth-order valence-corrected chi connectivity index (χ4v) is 3.28. The summed E-state index contributed by atoms with van der Waals surface area (Å²) in [5.74, 6) is 1.06. The summed E-state index contributed by atoms with van der Waals surface area (Å²) in [5.41, 5.74) is 1.64. The van der Waals surface area contributed by atoms with Gasteiger partial charge in [-0.3, -0.25) is 10.1 Å². The van der Waals surface area contributed by atoms with Gasteiger partial charge in [0.05, 0.1) is 5.69 Å². The molecule has 6 nitrogen and oxygen atoms in total. The molecule has 3 rings (SSSR count). The molecule has 0 fully saturated rings. The molecule has 0 spiro atoms. The van der Waals surface area contributed by atoms with Crippen LogP contribution in [0.25, 0.3) is 11.3 Å². The van der Waals surface area contributed by atoms with E-state index >= 15 is 0 Å². The Morgan fingerprint density at radius 2 is 1.90 bits per heavy atom. The van der Waals surface area contributed by atoms with Crippen LogP contribution in [0.2, 0.25) is 5.02 Å². The molecule has 0 saturated carbocycles. The van der Waals surface area contributed by atoms with Gasteiger partial charge >= 0.3 is 0 Å². The molecule has 1 aromatic heterocycles. The zero-order valence-corrected chi connectivity index (χ0v) is 17.8. The second kappa shape index (κ2) is 10.2. The Labute approximate surface area is 179 Å². The molecule has 29 heavy (non-hydrogen) atoms. The van der Waals surface area contributed by atoms with Crippen molar-refractivity contribution in [2.45, 2.75) is 0 Å². The van der Waals surface area contributed by atoms with E-state index in [-0.39, 0.29) is 12.5 Å². The molecule has 0 aliphatic rings.